The molecule has 8 nitrogen and oxygen atoms in total. The van der Waals surface area contributed by atoms with Crippen LogP contribution < -0.4 is 15.4 Å². The number of nitrogens with zero attached hydrogens (tertiary/aromatic N) is 2. The van der Waals surface area contributed by atoms with Crippen molar-refractivity contribution < 1.29 is 14.3 Å². The van der Waals surface area contributed by atoms with Crippen LogP contribution in [0.25, 0.3) is 11.3 Å². The Morgan fingerprint density at radius 3 is 3.00 bits per heavy atom. The van der Waals surface area contributed by atoms with Crippen molar-refractivity contribution >= 4 is 34.8 Å². The van der Waals surface area contributed by atoms with Crippen molar-refractivity contribution in [3.63, 3.8) is 0 Å². The Kier molecular flexibility index (Phi) is 6.87. The van der Waals surface area contributed by atoms with Crippen molar-refractivity contribution in [1.29, 1.82) is 0 Å². The fourth-order valence-corrected chi connectivity index (χ4v) is 5.38. The van der Waals surface area contributed by atoms with Gasteiger partial charge in [0.2, 0.25) is 5.91 Å². The Morgan fingerprint density at radius 1 is 1.37 bits per heavy atom. The molecule has 1 saturated heterocycles. The van der Waals surface area contributed by atoms with Crippen molar-refractivity contribution in [2.75, 3.05) is 25.5 Å². The summed E-state index contributed by atoms with van der Waals surface area (Å²) in [4.78, 5) is 35.0. The molecule has 0 spiro atoms. The summed E-state index contributed by atoms with van der Waals surface area (Å²) in [6.07, 6.45) is 7.02. The van der Waals surface area contributed by atoms with E-state index in [1.165, 1.54) is 6.08 Å². The summed E-state index contributed by atoms with van der Waals surface area (Å²) in [6, 6.07) is 7.26. The maximum atomic E-state index is 13.0. The van der Waals surface area contributed by atoms with Gasteiger partial charge in [-0.1, -0.05) is 36.1 Å². The maximum absolute atomic E-state index is 13.0. The lowest BCUT2D eigenvalue weighted by Crippen LogP contribution is -2.43. The number of para-hydroxylation sites is 1. The second-order valence-corrected chi connectivity index (χ2v) is 9.83. The number of ether oxygens (including phenoxy) is 1. The highest BCUT2D eigenvalue weighted by atomic mass is 35.5. The Labute approximate surface area is 226 Å². The molecule has 38 heavy (non-hydrogen) atoms. The monoisotopic (exact) mass is 529 g/mol. The molecule has 0 saturated carbocycles. The van der Waals surface area contributed by atoms with Crippen LogP contribution in [0.1, 0.15) is 41.4 Å². The van der Waals surface area contributed by atoms with E-state index in [1.807, 2.05) is 25.1 Å². The third-order valence-electron chi connectivity index (χ3n) is 7.03. The fourth-order valence-electron chi connectivity index (χ4n) is 5.13. The van der Waals surface area contributed by atoms with Crippen molar-refractivity contribution in [2.24, 2.45) is 0 Å². The molecule has 1 fully saturated rings. The number of likely N-dealkylation sites (tertiary alicyclic amines) is 1. The van der Waals surface area contributed by atoms with Crippen LogP contribution in [0, 0.1) is 11.8 Å². The van der Waals surface area contributed by atoms with Gasteiger partial charge in [0.25, 0.3) is 5.91 Å². The van der Waals surface area contributed by atoms with Gasteiger partial charge < -0.3 is 25.3 Å². The first-order chi connectivity index (χ1) is 18.4. The highest BCUT2D eigenvalue weighted by molar-refractivity contribution is 6.32. The zero-order valence-corrected chi connectivity index (χ0v) is 22.0. The summed E-state index contributed by atoms with van der Waals surface area (Å²) >= 11 is 6.37. The van der Waals surface area contributed by atoms with Crippen LogP contribution in [-0.4, -0.2) is 52.4 Å². The van der Waals surface area contributed by atoms with Crippen molar-refractivity contribution in [2.45, 2.75) is 31.7 Å². The Balaban J connectivity index is 1.63. The van der Waals surface area contributed by atoms with Crippen LogP contribution in [0.15, 0.2) is 49.3 Å². The standard InChI is InChI=1S/C29H28ClN5O3/c1-4-23(36)35-16-6-12-29(35,2)13-9-18-17-31-14-10-19(18)25-26(24-21(33-25)11-15-32-28(24)37)34-22-8-5-7-20(30)27(22)38-3/h4-5,7-8,10,14,17,33-34H,1,6,11-12,15-16H2,2-3H3,(H,32,37)/t29-/m1/s1. The molecule has 2 amide bonds. The lowest BCUT2D eigenvalue weighted by Gasteiger charge is -2.29. The summed E-state index contributed by atoms with van der Waals surface area (Å²) in [7, 11) is 1.55. The van der Waals surface area contributed by atoms with Crippen molar-refractivity contribution in [3.8, 4) is 28.8 Å². The summed E-state index contributed by atoms with van der Waals surface area (Å²) < 4.78 is 5.53. The molecular weight excluding hydrogens is 502 g/mol. The van der Waals surface area contributed by atoms with Gasteiger partial charge in [0, 0.05) is 43.2 Å². The molecule has 2 aliphatic rings. The first-order valence-corrected chi connectivity index (χ1v) is 12.8. The van der Waals surface area contributed by atoms with E-state index in [4.69, 9.17) is 16.3 Å². The van der Waals surface area contributed by atoms with Gasteiger partial charge in [-0.05, 0) is 44.0 Å². The average molecular weight is 530 g/mol. The molecule has 0 aliphatic carbocycles. The number of H-pyrrole nitrogens is 1. The van der Waals surface area contributed by atoms with Crippen LogP contribution in [0.3, 0.4) is 0 Å². The fraction of sp³-hybridized carbons (Fsp3) is 0.276. The molecule has 4 heterocycles. The number of anilines is 2. The van der Waals surface area contributed by atoms with Gasteiger partial charge in [-0.2, -0.15) is 0 Å². The lowest BCUT2D eigenvalue weighted by atomic mass is 9.97. The van der Waals surface area contributed by atoms with E-state index in [2.05, 4.69) is 39.0 Å². The van der Waals surface area contributed by atoms with Crippen LogP contribution >= 0.6 is 11.6 Å². The SMILES string of the molecule is C=CC(=O)N1CCC[C@]1(C)C#Cc1cnccc1-c1[nH]c2c(c1Nc1cccc(Cl)c1OC)C(=O)NCC2. The third kappa shape index (κ3) is 4.50. The van der Waals surface area contributed by atoms with Gasteiger partial charge in [-0.15, -0.1) is 0 Å². The van der Waals surface area contributed by atoms with Gasteiger partial charge in [-0.3, -0.25) is 14.6 Å². The Morgan fingerprint density at radius 2 is 2.21 bits per heavy atom. The number of hydrogen-bond donors (Lipinski definition) is 3. The van der Waals surface area contributed by atoms with Crippen LogP contribution in [0.4, 0.5) is 11.4 Å². The van der Waals surface area contributed by atoms with Gasteiger partial charge >= 0.3 is 0 Å². The number of benzene rings is 1. The van der Waals surface area contributed by atoms with E-state index in [9.17, 15) is 9.59 Å². The molecule has 0 unspecified atom stereocenters. The van der Waals surface area contributed by atoms with Crippen molar-refractivity contribution in [3.05, 3.63) is 71.2 Å². The normalized spacial score (nSPS) is 18.2. The number of carbonyl (C=O) groups is 2. The molecule has 194 valence electrons. The van der Waals surface area contributed by atoms with Gasteiger partial charge in [0.1, 0.15) is 5.54 Å². The van der Waals surface area contributed by atoms with E-state index in [1.54, 1.807) is 30.5 Å². The molecular formula is C29H28ClN5O3. The Bertz CT molecular complexity index is 1500. The molecule has 0 radical (unpaired) electrons. The van der Waals surface area contributed by atoms with Crippen molar-refractivity contribution in [1.82, 2.24) is 20.2 Å². The van der Waals surface area contributed by atoms with E-state index < -0.39 is 5.54 Å². The van der Waals surface area contributed by atoms with Gasteiger partial charge in [-0.25, -0.2) is 0 Å². The largest absolute Gasteiger partial charge is 0.493 e. The number of aromatic amines is 1. The molecule has 3 N–H and O–H groups in total. The second-order valence-electron chi connectivity index (χ2n) is 9.42. The first-order valence-electron chi connectivity index (χ1n) is 12.4. The number of fused-ring (bicyclic) bond motifs is 1. The lowest BCUT2D eigenvalue weighted by molar-refractivity contribution is -0.127. The Hall–Kier alpha value is -4.22. The third-order valence-corrected chi connectivity index (χ3v) is 7.33. The van der Waals surface area contributed by atoms with Crippen LogP contribution in [-0.2, 0) is 11.2 Å². The van der Waals surface area contributed by atoms with E-state index in [0.29, 0.717) is 58.5 Å². The minimum atomic E-state index is -0.609. The quantitative estimate of drug-likeness (QED) is 0.329. The highest BCUT2D eigenvalue weighted by Crippen LogP contribution is 2.41. The van der Waals surface area contributed by atoms with E-state index >= 15 is 0 Å². The zero-order valence-electron chi connectivity index (χ0n) is 21.3. The zero-order chi connectivity index (χ0) is 26.9. The number of carbonyl (C=O) groups excluding carboxylic acids is 2. The van der Waals surface area contributed by atoms with Gasteiger partial charge in [0.15, 0.2) is 5.75 Å². The molecule has 2 aliphatic heterocycles. The topological polar surface area (TPSA) is 99.3 Å². The molecule has 2 aromatic heterocycles. The molecule has 3 aromatic rings. The molecule has 9 heteroatoms. The molecule has 1 atom stereocenters. The number of aromatic nitrogens is 2. The van der Waals surface area contributed by atoms with E-state index in [0.717, 1.165) is 24.1 Å². The first kappa shape index (κ1) is 25.4. The number of rotatable bonds is 5. The van der Waals surface area contributed by atoms with Crippen LogP contribution in [0.5, 0.6) is 5.75 Å². The number of hydrogen-bond acceptors (Lipinski definition) is 5. The maximum Gasteiger partial charge on any atom is 0.255 e. The minimum Gasteiger partial charge on any atom is -0.493 e. The van der Waals surface area contributed by atoms with Gasteiger partial charge in [0.05, 0.1) is 40.3 Å². The summed E-state index contributed by atoms with van der Waals surface area (Å²) in [5.41, 5.74) is 4.14. The smallest absolute Gasteiger partial charge is 0.255 e. The number of amides is 2. The second kappa shape index (κ2) is 10.3. The molecule has 1 aromatic carbocycles. The predicted octanol–water partition coefficient (Wildman–Crippen LogP) is 4.69. The van der Waals surface area contributed by atoms with Crippen LogP contribution in [0.2, 0.25) is 5.02 Å². The number of pyridine rings is 1. The number of halogens is 1. The summed E-state index contributed by atoms with van der Waals surface area (Å²) in [5, 5.41) is 6.78. The molecule has 5 rings (SSSR count). The predicted molar refractivity (Wildman–Crippen MR) is 148 cm³/mol. The average Bonchev–Trinajstić information content (AvgIpc) is 3.49. The summed E-state index contributed by atoms with van der Waals surface area (Å²) in [6.45, 7) is 6.79. The minimum absolute atomic E-state index is 0.129. The van der Waals surface area contributed by atoms with E-state index in [-0.39, 0.29) is 11.8 Å². The highest BCUT2D eigenvalue weighted by Gasteiger charge is 2.37. The summed E-state index contributed by atoms with van der Waals surface area (Å²) in [5.74, 6) is 6.79. The number of nitrogens with one attached hydrogen (secondary N) is 3. The number of methoxy groups -OCH3 is 1. The molecule has 0 bridgehead atoms.